The largest absolute Gasteiger partial charge is 0.324 e. The van der Waals surface area contributed by atoms with E-state index in [0.29, 0.717) is 17.1 Å². The van der Waals surface area contributed by atoms with Crippen molar-refractivity contribution in [3.05, 3.63) is 59.1 Å². The van der Waals surface area contributed by atoms with Crippen LogP contribution < -0.4 is 10.2 Å². The Kier molecular flexibility index (Phi) is 4.63. The van der Waals surface area contributed by atoms with Crippen molar-refractivity contribution in [1.29, 1.82) is 0 Å². The Balaban J connectivity index is 1.63. The second-order valence-corrected chi connectivity index (χ2v) is 5.93. The van der Waals surface area contributed by atoms with Gasteiger partial charge in [-0.15, -0.1) is 0 Å². The average molecular weight is 329 g/mol. The molecule has 4 nitrogen and oxygen atoms in total. The third-order valence-electron chi connectivity index (χ3n) is 3.83. The Morgan fingerprint density at radius 2 is 1.87 bits per heavy atom. The molecular weight excluding hydrogens is 312 g/mol. The van der Waals surface area contributed by atoms with Crippen molar-refractivity contribution in [2.45, 2.75) is 19.3 Å². The van der Waals surface area contributed by atoms with Crippen LogP contribution in [-0.4, -0.2) is 18.4 Å². The van der Waals surface area contributed by atoms with Crippen LogP contribution in [0.2, 0.25) is 5.02 Å². The first kappa shape index (κ1) is 15.6. The molecule has 1 fully saturated rings. The van der Waals surface area contributed by atoms with Crippen molar-refractivity contribution in [3.8, 4) is 0 Å². The molecule has 5 heteroatoms. The van der Waals surface area contributed by atoms with E-state index < -0.39 is 0 Å². The lowest BCUT2D eigenvalue weighted by Crippen LogP contribution is -2.23. The van der Waals surface area contributed by atoms with Gasteiger partial charge >= 0.3 is 0 Å². The topological polar surface area (TPSA) is 49.4 Å². The number of nitrogens with one attached hydrogen (secondary N) is 1. The van der Waals surface area contributed by atoms with E-state index in [4.69, 9.17) is 11.6 Å². The van der Waals surface area contributed by atoms with E-state index in [1.165, 1.54) is 0 Å². The highest BCUT2D eigenvalue weighted by Gasteiger charge is 2.21. The van der Waals surface area contributed by atoms with Gasteiger partial charge in [-0.25, -0.2) is 0 Å². The van der Waals surface area contributed by atoms with Crippen molar-refractivity contribution in [2.24, 2.45) is 0 Å². The normalized spacial score (nSPS) is 14.1. The minimum Gasteiger partial charge on any atom is -0.324 e. The predicted octanol–water partition coefficient (Wildman–Crippen LogP) is 3.65. The van der Waals surface area contributed by atoms with Gasteiger partial charge in [0.1, 0.15) is 0 Å². The van der Waals surface area contributed by atoms with E-state index >= 15 is 0 Å². The van der Waals surface area contributed by atoms with Crippen LogP contribution in [0.25, 0.3) is 0 Å². The van der Waals surface area contributed by atoms with Gasteiger partial charge in [0.05, 0.1) is 17.1 Å². The molecule has 0 saturated carbocycles. The molecule has 1 aliphatic rings. The number of hydrogen-bond acceptors (Lipinski definition) is 2. The van der Waals surface area contributed by atoms with Gasteiger partial charge in [0, 0.05) is 18.7 Å². The van der Waals surface area contributed by atoms with Gasteiger partial charge in [-0.05, 0) is 36.2 Å². The van der Waals surface area contributed by atoms with E-state index in [-0.39, 0.29) is 18.2 Å². The molecule has 23 heavy (non-hydrogen) atoms. The molecule has 0 bridgehead atoms. The molecule has 118 valence electrons. The zero-order valence-corrected chi connectivity index (χ0v) is 13.3. The summed E-state index contributed by atoms with van der Waals surface area (Å²) in [5, 5.41) is 3.32. The summed E-state index contributed by atoms with van der Waals surface area (Å²) in [6, 6.07) is 14.7. The number of amides is 2. The lowest BCUT2D eigenvalue weighted by Gasteiger charge is -2.16. The lowest BCUT2D eigenvalue weighted by molar-refractivity contribution is -0.117. The summed E-state index contributed by atoms with van der Waals surface area (Å²) in [7, 11) is 0. The van der Waals surface area contributed by atoms with Crippen LogP contribution in [0, 0.1) is 0 Å². The molecule has 1 N–H and O–H groups in total. The maximum absolute atomic E-state index is 12.1. The molecule has 2 aromatic rings. The molecule has 1 aliphatic heterocycles. The number of benzene rings is 2. The van der Waals surface area contributed by atoms with Gasteiger partial charge < -0.3 is 10.2 Å². The number of hydrogen-bond donors (Lipinski definition) is 1. The summed E-state index contributed by atoms with van der Waals surface area (Å²) in [6.07, 6.45) is 1.78. The first-order valence-electron chi connectivity index (χ1n) is 7.57. The van der Waals surface area contributed by atoms with E-state index in [1.807, 2.05) is 36.4 Å². The van der Waals surface area contributed by atoms with E-state index in [9.17, 15) is 9.59 Å². The van der Waals surface area contributed by atoms with Crippen molar-refractivity contribution >= 4 is 34.8 Å². The number of nitrogens with zero attached hydrogens (tertiary/aromatic N) is 1. The van der Waals surface area contributed by atoms with Gasteiger partial charge in [0.2, 0.25) is 11.8 Å². The van der Waals surface area contributed by atoms with Crippen LogP contribution in [0.4, 0.5) is 11.4 Å². The summed E-state index contributed by atoms with van der Waals surface area (Å²) in [4.78, 5) is 25.6. The summed E-state index contributed by atoms with van der Waals surface area (Å²) < 4.78 is 0. The lowest BCUT2D eigenvalue weighted by atomic mass is 10.1. The smallest absolute Gasteiger partial charge is 0.228 e. The molecule has 0 aliphatic carbocycles. The Hall–Kier alpha value is -2.33. The molecule has 0 aromatic heterocycles. The highest BCUT2D eigenvalue weighted by Crippen LogP contribution is 2.23. The molecule has 0 unspecified atom stereocenters. The zero-order chi connectivity index (χ0) is 16.2. The summed E-state index contributed by atoms with van der Waals surface area (Å²) in [5.74, 6) is 0.0392. The third kappa shape index (κ3) is 3.71. The Labute approximate surface area is 140 Å². The Bertz CT molecular complexity index is 728. The maximum atomic E-state index is 12.1. The summed E-state index contributed by atoms with van der Waals surface area (Å²) in [5.41, 5.74) is 2.39. The average Bonchev–Trinajstić information content (AvgIpc) is 2.96. The highest BCUT2D eigenvalue weighted by atomic mass is 35.5. The number of anilines is 2. The standard InChI is InChI=1S/C18H17ClN2O2/c19-15-4-1-2-5-16(15)20-17(22)12-13-7-9-14(10-8-13)21-11-3-6-18(21)23/h1-2,4-5,7-10H,3,6,11-12H2,(H,20,22). The van der Waals surface area contributed by atoms with Gasteiger partial charge in [0.25, 0.3) is 0 Å². The molecule has 3 rings (SSSR count). The van der Waals surface area contributed by atoms with Crippen molar-refractivity contribution < 1.29 is 9.59 Å². The molecule has 0 spiro atoms. The highest BCUT2D eigenvalue weighted by molar-refractivity contribution is 6.33. The minimum atomic E-state index is -0.122. The molecular formula is C18H17ClN2O2. The number of para-hydroxylation sites is 1. The molecule has 2 amide bonds. The van der Waals surface area contributed by atoms with Crippen LogP contribution in [0.15, 0.2) is 48.5 Å². The van der Waals surface area contributed by atoms with Crippen LogP contribution in [0.3, 0.4) is 0 Å². The van der Waals surface area contributed by atoms with Crippen LogP contribution in [0.5, 0.6) is 0 Å². The number of rotatable bonds is 4. The fourth-order valence-electron chi connectivity index (χ4n) is 2.66. The van der Waals surface area contributed by atoms with E-state index in [2.05, 4.69) is 5.32 Å². The van der Waals surface area contributed by atoms with Crippen molar-refractivity contribution in [1.82, 2.24) is 0 Å². The zero-order valence-electron chi connectivity index (χ0n) is 12.6. The van der Waals surface area contributed by atoms with Gasteiger partial charge in [-0.3, -0.25) is 9.59 Å². The molecule has 2 aromatic carbocycles. The van der Waals surface area contributed by atoms with E-state index in [1.54, 1.807) is 17.0 Å². The predicted molar refractivity (Wildman–Crippen MR) is 91.8 cm³/mol. The summed E-state index contributed by atoms with van der Waals surface area (Å²) >= 11 is 6.03. The SMILES string of the molecule is O=C(Cc1ccc(N2CCCC2=O)cc1)Nc1ccccc1Cl. The number of carbonyl (C=O) groups is 2. The second kappa shape index (κ2) is 6.84. The molecule has 1 heterocycles. The first-order chi connectivity index (χ1) is 11.1. The molecule has 0 radical (unpaired) electrons. The Morgan fingerprint density at radius 1 is 1.13 bits per heavy atom. The number of halogens is 1. The van der Waals surface area contributed by atoms with Gasteiger partial charge in [-0.2, -0.15) is 0 Å². The first-order valence-corrected chi connectivity index (χ1v) is 7.95. The van der Waals surface area contributed by atoms with Crippen LogP contribution >= 0.6 is 11.6 Å². The third-order valence-corrected chi connectivity index (χ3v) is 4.16. The fraction of sp³-hybridized carbons (Fsp3) is 0.222. The number of carbonyl (C=O) groups excluding carboxylic acids is 2. The molecule has 1 saturated heterocycles. The van der Waals surface area contributed by atoms with E-state index in [0.717, 1.165) is 24.2 Å². The van der Waals surface area contributed by atoms with Crippen molar-refractivity contribution in [2.75, 3.05) is 16.8 Å². The van der Waals surface area contributed by atoms with Gasteiger partial charge in [0.15, 0.2) is 0 Å². The van der Waals surface area contributed by atoms with Gasteiger partial charge in [-0.1, -0.05) is 35.9 Å². The van der Waals surface area contributed by atoms with Crippen molar-refractivity contribution in [3.63, 3.8) is 0 Å². The van der Waals surface area contributed by atoms with Crippen LogP contribution in [0.1, 0.15) is 18.4 Å². The molecule has 0 atom stereocenters. The maximum Gasteiger partial charge on any atom is 0.228 e. The fourth-order valence-corrected chi connectivity index (χ4v) is 2.84. The summed E-state index contributed by atoms with van der Waals surface area (Å²) in [6.45, 7) is 0.769. The van der Waals surface area contributed by atoms with Crippen LogP contribution in [-0.2, 0) is 16.0 Å². The quantitative estimate of drug-likeness (QED) is 0.931. The second-order valence-electron chi connectivity index (χ2n) is 5.52. The Morgan fingerprint density at radius 3 is 2.52 bits per heavy atom. The monoisotopic (exact) mass is 328 g/mol. The minimum absolute atomic E-state index is 0.122.